The molecule has 1 aromatic carbocycles. The fraction of sp³-hybridized carbons (Fsp3) is 0.571. The van der Waals surface area contributed by atoms with Crippen molar-refractivity contribution in [2.75, 3.05) is 32.0 Å². The molecule has 3 N–H and O–H groups in total. The Morgan fingerprint density at radius 1 is 1.33 bits per heavy atom. The summed E-state index contributed by atoms with van der Waals surface area (Å²) in [5.74, 6) is 0.864. The number of anilines is 1. The van der Waals surface area contributed by atoms with Gasteiger partial charge in [0.2, 0.25) is 0 Å². The van der Waals surface area contributed by atoms with Gasteiger partial charge in [0.1, 0.15) is 5.75 Å². The number of likely N-dealkylation sites (tertiary alicyclic amines) is 1. The van der Waals surface area contributed by atoms with E-state index in [2.05, 4.69) is 4.90 Å². The number of rotatable bonds is 5. The molecule has 18 heavy (non-hydrogen) atoms. The predicted octanol–water partition coefficient (Wildman–Crippen LogP) is 1.49. The molecule has 1 aromatic rings. The lowest BCUT2D eigenvalue weighted by atomic mass is 10.1. The van der Waals surface area contributed by atoms with Crippen LogP contribution in [-0.4, -0.2) is 42.4 Å². The minimum atomic E-state index is -0.142. The Kier molecular flexibility index (Phi) is 4.84. The Morgan fingerprint density at radius 3 is 2.83 bits per heavy atom. The van der Waals surface area contributed by atoms with Crippen LogP contribution in [0.25, 0.3) is 0 Å². The third kappa shape index (κ3) is 4.20. The molecule has 0 spiro atoms. The topological polar surface area (TPSA) is 58.7 Å². The molecule has 1 aliphatic heterocycles. The molecule has 0 saturated carbocycles. The second-order valence-electron chi connectivity index (χ2n) is 4.87. The van der Waals surface area contributed by atoms with Crippen molar-refractivity contribution in [2.24, 2.45) is 0 Å². The molecule has 4 nitrogen and oxygen atoms in total. The number of hydrogen-bond acceptors (Lipinski definition) is 4. The lowest BCUT2D eigenvalue weighted by molar-refractivity contribution is 0.0679. The van der Waals surface area contributed by atoms with Gasteiger partial charge in [0, 0.05) is 18.8 Å². The van der Waals surface area contributed by atoms with Crippen LogP contribution in [0.3, 0.4) is 0 Å². The highest BCUT2D eigenvalue weighted by Gasteiger charge is 2.16. The molecule has 0 aromatic heterocycles. The number of nitrogens with zero attached hydrogens (tertiary/aromatic N) is 1. The molecule has 2 rings (SSSR count). The minimum absolute atomic E-state index is 0.142. The van der Waals surface area contributed by atoms with Crippen molar-refractivity contribution in [1.29, 1.82) is 0 Å². The number of ether oxygens (including phenoxy) is 1. The fourth-order valence-corrected chi connectivity index (χ4v) is 2.28. The maximum absolute atomic E-state index is 9.56. The van der Waals surface area contributed by atoms with E-state index < -0.39 is 0 Å². The van der Waals surface area contributed by atoms with Crippen molar-refractivity contribution in [2.45, 2.75) is 25.4 Å². The van der Waals surface area contributed by atoms with Crippen LogP contribution in [0.4, 0.5) is 5.69 Å². The quantitative estimate of drug-likeness (QED) is 0.614. The lowest BCUT2D eigenvalue weighted by Crippen LogP contribution is -2.39. The number of aliphatic hydroxyl groups excluding tert-OH is 1. The Balaban J connectivity index is 1.62. The summed E-state index contributed by atoms with van der Waals surface area (Å²) >= 11 is 0. The maximum Gasteiger partial charge on any atom is 0.119 e. The number of benzene rings is 1. The highest BCUT2D eigenvalue weighted by Crippen LogP contribution is 2.14. The lowest BCUT2D eigenvalue weighted by Gasteiger charge is -2.29. The van der Waals surface area contributed by atoms with Crippen molar-refractivity contribution in [1.82, 2.24) is 4.90 Å². The summed E-state index contributed by atoms with van der Waals surface area (Å²) in [5.41, 5.74) is 6.36. The molecule has 1 fully saturated rings. The van der Waals surface area contributed by atoms with E-state index in [1.54, 1.807) is 0 Å². The average molecular weight is 250 g/mol. The predicted molar refractivity (Wildman–Crippen MR) is 72.6 cm³/mol. The smallest absolute Gasteiger partial charge is 0.119 e. The largest absolute Gasteiger partial charge is 0.494 e. The van der Waals surface area contributed by atoms with Gasteiger partial charge in [-0.25, -0.2) is 0 Å². The van der Waals surface area contributed by atoms with Crippen molar-refractivity contribution < 1.29 is 9.84 Å². The van der Waals surface area contributed by atoms with Gasteiger partial charge in [-0.05, 0) is 50.1 Å². The SMILES string of the molecule is Nc1ccc(OCCCN2CCCC(O)C2)cc1. The van der Waals surface area contributed by atoms with Gasteiger partial charge in [0.25, 0.3) is 0 Å². The monoisotopic (exact) mass is 250 g/mol. The number of nitrogen functional groups attached to an aromatic ring is 1. The third-order valence-electron chi connectivity index (χ3n) is 3.25. The first kappa shape index (κ1) is 13.2. The first-order valence-electron chi connectivity index (χ1n) is 6.63. The summed E-state index contributed by atoms with van der Waals surface area (Å²) in [7, 11) is 0. The summed E-state index contributed by atoms with van der Waals surface area (Å²) in [6.45, 7) is 3.60. The van der Waals surface area contributed by atoms with Crippen LogP contribution in [-0.2, 0) is 0 Å². The van der Waals surface area contributed by atoms with Crippen LogP contribution in [0.1, 0.15) is 19.3 Å². The molecule has 1 aliphatic rings. The number of aliphatic hydroxyl groups is 1. The maximum atomic E-state index is 9.56. The molecule has 100 valence electrons. The number of hydrogen-bond donors (Lipinski definition) is 2. The summed E-state index contributed by atoms with van der Waals surface area (Å²) in [6, 6.07) is 7.46. The van der Waals surface area contributed by atoms with Crippen molar-refractivity contribution in [3.8, 4) is 5.75 Å². The minimum Gasteiger partial charge on any atom is -0.494 e. The summed E-state index contributed by atoms with van der Waals surface area (Å²) in [4.78, 5) is 2.31. The summed E-state index contributed by atoms with van der Waals surface area (Å²) in [5, 5.41) is 9.56. The van der Waals surface area contributed by atoms with Crippen LogP contribution in [0.15, 0.2) is 24.3 Å². The van der Waals surface area contributed by atoms with E-state index in [0.29, 0.717) is 6.61 Å². The highest BCUT2D eigenvalue weighted by atomic mass is 16.5. The van der Waals surface area contributed by atoms with E-state index in [-0.39, 0.29) is 6.10 Å². The van der Waals surface area contributed by atoms with Crippen LogP contribution >= 0.6 is 0 Å². The van der Waals surface area contributed by atoms with Crippen LogP contribution < -0.4 is 10.5 Å². The van der Waals surface area contributed by atoms with Gasteiger partial charge in [-0.15, -0.1) is 0 Å². The molecule has 0 radical (unpaired) electrons. The molecule has 0 aliphatic carbocycles. The van der Waals surface area contributed by atoms with Gasteiger partial charge in [0.05, 0.1) is 12.7 Å². The number of nitrogens with two attached hydrogens (primary N) is 1. The third-order valence-corrected chi connectivity index (χ3v) is 3.25. The molecular formula is C14H22N2O2. The van der Waals surface area contributed by atoms with E-state index in [1.165, 1.54) is 0 Å². The zero-order valence-corrected chi connectivity index (χ0v) is 10.7. The fourth-order valence-electron chi connectivity index (χ4n) is 2.28. The zero-order valence-electron chi connectivity index (χ0n) is 10.7. The summed E-state index contributed by atoms with van der Waals surface area (Å²) in [6.07, 6.45) is 2.88. The van der Waals surface area contributed by atoms with Crippen LogP contribution in [0, 0.1) is 0 Å². The summed E-state index contributed by atoms with van der Waals surface area (Å²) < 4.78 is 5.63. The van der Waals surface area contributed by atoms with Gasteiger partial charge in [-0.1, -0.05) is 0 Å². The molecule has 4 heteroatoms. The van der Waals surface area contributed by atoms with Crippen molar-refractivity contribution in [3.05, 3.63) is 24.3 Å². The van der Waals surface area contributed by atoms with E-state index in [1.807, 2.05) is 24.3 Å². The van der Waals surface area contributed by atoms with E-state index >= 15 is 0 Å². The molecule has 1 saturated heterocycles. The number of β-amino-alcohol motifs (C(OH)–C–C–N with tert-alkyl or cyclic N) is 1. The molecule has 1 atom stereocenters. The first-order chi connectivity index (χ1) is 8.74. The number of piperidine rings is 1. The van der Waals surface area contributed by atoms with E-state index in [4.69, 9.17) is 10.5 Å². The normalized spacial score (nSPS) is 20.8. The average Bonchev–Trinajstić information content (AvgIpc) is 2.37. The molecular weight excluding hydrogens is 228 g/mol. The molecule has 0 amide bonds. The van der Waals surface area contributed by atoms with E-state index in [0.717, 1.165) is 50.3 Å². The van der Waals surface area contributed by atoms with Crippen molar-refractivity contribution >= 4 is 5.69 Å². The van der Waals surface area contributed by atoms with Crippen LogP contribution in [0.2, 0.25) is 0 Å². The molecule has 1 unspecified atom stereocenters. The Morgan fingerprint density at radius 2 is 2.11 bits per heavy atom. The zero-order chi connectivity index (χ0) is 12.8. The second kappa shape index (κ2) is 6.61. The molecule has 1 heterocycles. The van der Waals surface area contributed by atoms with Gasteiger partial charge >= 0.3 is 0 Å². The Bertz CT molecular complexity index is 353. The van der Waals surface area contributed by atoms with Gasteiger partial charge in [-0.2, -0.15) is 0 Å². The second-order valence-corrected chi connectivity index (χ2v) is 4.87. The van der Waals surface area contributed by atoms with Gasteiger partial charge in [0.15, 0.2) is 0 Å². The highest BCUT2D eigenvalue weighted by molar-refractivity contribution is 5.41. The first-order valence-corrected chi connectivity index (χ1v) is 6.63. The van der Waals surface area contributed by atoms with Gasteiger partial charge < -0.3 is 20.5 Å². The molecule has 0 bridgehead atoms. The van der Waals surface area contributed by atoms with Gasteiger partial charge in [-0.3, -0.25) is 0 Å². The van der Waals surface area contributed by atoms with E-state index in [9.17, 15) is 5.11 Å². The van der Waals surface area contributed by atoms with Crippen LogP contribution in [0.5, 0.6) is 5.75 Å². The standard InChI is InChI=1S/C14H22N2O2/c15-12-4-6-14(7-5-12)18-10-2-9-16-8-1-3-13(17)11-16/h4-7,13,17H,1-3,8-11,15H2. The van der Waals surface area contributed by atoms with Crippen molar-refractivity contribution in [3.63, 3.8) is 0 Å². The Labute approximate surface area is 108 Å². The Hall–Kier alpha value is -1.26.